The number of rotatable bonds is 7. The second-order valence-corrected chi connectivity index (χ2v) is 8.47. The minimum Gasteiger partial charge on any atom is -0.417 e. The molecule has 3 aromatic rings. The van der Waals surface area contributed by atoms with Crippen LogP contribution in [0.4, 0.5) is 18.9 Å². The monoisotopic (exact) mass is 473 g/mol. The van der Waals surface area contributed by atoms with Crippen LogP contribution in [0.3, 0.4) is 0 Å². The van der Waals surface area contributed by atoms with E-state index in [0.717, 1.165) is 0 Å². The van der Waals surface area contributed by atoms with Crippen LogP contribution in [0.25, 0.3) is 11.1 Å². The van der Waals surface area contributed by atoms with E-state index in [1.54, 1.807) is 12.1 Å². The zero-order valence-electron chi connectivity index (χ0n) is 18.4. The van der Waals surface area contributed by atoms with E-state index in [1.807, 2.05) is 0 Å². The highest BCUT2D eigenvalue weighted by molar-refractivity contribution is 5.99. The Morgan fingerprint density at radius 3 is 2.38 bits per heavy atom. The van der Waals surface area contributed by atoms with Crippen molar-refractivity contribution >= 4 is 11.6 Å². The predicted octanol–water partition coefficient (Wildman–Crippen LogP) is 4.02. The van der Waals surface area contributed by atoms with Gasteiger partial charge in [-0.1, -0.05) is 6.07 Å². The molecule has 2 N–H and O–H groups in total. The lowest BCUT2D eigenvalue weighted by atomic mass is 9.80. The SMILES string of the molecule is CC(C)(O)c1cc(OC(F)F)ncc1-c1ccc(C2(C(=O)Nc3ccc(F)cc3)COC2)nc1. The molecule has 1 aliphatic rings. The van der Waals surface area contributed by atoms with Gasteiger partial charge in [-0.15, -0.1) is 0 Å². The number of hydrogen-bond acceptors (Lipinski definition) is 6. The third kappa shape index (κ3) is 4.73. The van der Waals surface area contributed by atoms with E-state index in [0.29, 0.717) is 28.1 Å². The molecular formula is C24H22F3N3O4. The highest BCUT2D eigenvalue weighted by Gasteiger charge is 2.49. The van der Waals surface area contributed by atoms with Gasteiger partial charge in [0.05, 0.1) is 24.5 Å². The molecule has 178 valence electrons. The summed E-state index contributed by atoms with van der Waals surface area (Å²) in [5.41, 5.74) is -0.120. The van der Waals surface area contributed by atoms with Gasteiger partial charge in [0.1, 0.15) is 11.2 Å². The summed E-state index contributed by atoms with van der Waals surface area (Å²) in [5, 5.41) is 13.3. The Balaban J connectivity index is 1.62. The van der Waals surface area contributed by atoms with Crippen molar-refractivity contribution in [2.24, 2.45) is 0 Å². The molecule has 0 aliphatic carbocycles. The number of amides is 1. The summed E-state index contributed by atoms with van der Waals surface area (Å²) in [7, 11) is 0. The molecule has 10 heteroatoms. The van der Waals surface area contributed by atoms with E-state index < -0.39 is 23.4 Å². The average molecular weight is 473 g/mol. The molecule has 0 spiro atoms. The van der Waals surface area contributed by atoms with Crippen LogP contribution in [0.2, 0.25) is 0 Å². The van der Waals surface area contributed by atoms with Gasteiger partial charge in [-0.3, -0.25) is 9.78 Å². The molecule has 3 heterocycles. The summed E-state index contributed by atoms with van der Waals surface area (Å²) in [6.45, 7) is 0.238. The topological polar surface area (TPSA) is 93.6 Å². The molecule has 7 nitrogen and oxygen atoms in total. The number of nitrogens with zero attached hydrogens (tertiary/aromatic N) is 2. The first-order chi connectivity index (χ1) is 16.1. The second kappa shape index (κ2) is 9.03. The average Bonchev–Trinajstić information content (AvgIpc) is 2.74. The lowest BCUT2D eigenvalue weighted by Crippen LogP contribution is -2.56. The van der Waals surface area contributed by atoms with Gasteiger partial charge in [-0.25, -0.2) is 9.37 Å². The Hall–Kier alpha value is -3.50. The van der Waals surface area contributed by atoms with Gasteiger partial charge < -0.3 is 19.9 Å². The third-order valence-corrected chi connectivity index (χ3v) is 5.55. The van der Waals surface area contributed by atoms with E-state index in [2.05, 4.69) is 20.0 Å². The number of halogens is 3. The predicted molar refractivity (Wildman–Crippen MR) is 117 cm³/mol. The fourth-order valence-electron chi connectivity index (χ4n) is 3.65. The zero-order valence-corrected chi connectivity index (χ0v) is 18.4. The summed E-state index contributed by atoms with van der Waals surface area (Å²) < 4.78 is 48.0. The van der Waals surface area contributed by atoms with Gasteiger partial charge in [0.15, 0.2) is 0 Å². The normalized spacial score (nSPS) is 15.0. The summed E-state index contributed by atoms with van der Waals surface area (Å²) in [4.78, 5) is 21.4. The molecule has 0 bridgehead atoms. The van der Waals surface area contributed by atoms with Gasteiger partial charge >= 0.3 is 6.61 Å². The fraction of sp³-hybridized carbons (Fsp3) is 0.292. The first kappa shape index (κ1) is 23.7. The van der Waals surface area contributed by atoms with E-state index in [9.17, 15) is 23.1 Å². The molecule has 2 aromatic heterocycles. The number of aliphatic hydroxyl groups is 1. The number of ether oxygens (including phenoxy) is 2. The number of aromatic nitrogens is 2. The molecule has 4 rings (SSSR count). The molecule has 0 atom stereocenters. The molecule has 1 saturated heterocycles. The lowest BCUT2D eigenvalue weighted by molar-refractivity contribution is -0.140. The molecular weight excluding hydrogens is 451 g/mol. The summed E-state index contributed by atoms with van der Waals surface area (Å²) in [6, 6.07) is 10.0. The smallest absolute Gasteiger partial charge is 0.388 e. The van der Waals surface area contributed by atoms with Crippen LogP contribution in [-0.4, -0.2) is 40.8 Å². The number of hydrogen-bond donors (Lipinski definition) is 2. The van der Waals surface area contributed by atoms with E-state index in [1.165, 1.54) is 56.6 Å². The van der Waals surface area contributed by atoms with Crippen molar-refractivity contribution in [1.82, 2.24) is 9.97 Å². The standard InChI is InChI=1S/C24H22F3N3O4/c1-23(2,32)18-9-20(34-22(26)27)29-11-17(18)14-3-8-19(28-10-14)24(12-33-13-24)21(31)30-16-6-4-15(25)5-7-16/h3-11,22,32H,12-13H2,1-2H3,(H,30,31). The quantitative estimate of drug-likeness (QED) is 0.539. The Labute approximate surface area is 193 Å². The maximum atomic E-state index is 13.2. The second-order valence-electron chi connectivity index (χ2n) is 8.47. The van der Waals surface area contributed by atoms with Crippen LogP contribution in [0.1, 0.15) is 25.1 Å². The molecule has 1 fully saturated rings. The van der Waals surface area contributed by atoms with Crippen LogP contribution >= 0.6 is 0 Å². The molecule has 0 saturated carbocycles. The number of benzene rings is 1. The minimum absolute atomic E-state index is 0.127. The van der Waals surface area contributed by atoms with Gasteiger partial charge in [0.2, 0.25) is 11.8 Å². The molecule has 34 heavy (non-hydrogen) atoms. The zero-order chi connectivity index (χ0) is 24.5. The van der Waals surface area contributed by atoms with Crippen molar-refractivity contribution in [2.75, 3.05) is 18.5 Å². The molecule has 1 amide bonds. The first-order valence-corrected chi connectivity index (χ1v) is 10.4. The number of pyridine rings is 2. The van der Waals surface area contributed by atoms with Gasteiger partial charge in [-0.05, 0) is 49.7 Å². The van der Waals surface area contributed by atoms with Crippen molar-refractivity contribution in [3.05, 3.63) is 71.9 Å². The number of carbonyl (C=O) groups is 1. The Morgan fingerprint density at radius 2 is 1.85 bits per heavy atom. The minimum atomic E-state index is -3.05. The van der Waals surface area contributed by atoms with Crippen molar-refractivity contribution in [1.29, 1.82) is 0 Å². The Morgan fingerprint density at radius 1 is 1.15 bits per heavy atom. The van der Waals surface area contributed by atoms with Crippen LogP contribution in [-0.2, 0) is 20.5 Å². The van der Waals surface area contributed by atoms with E-state index >= 15 is 0 Å². The lowest BCUT2D eigenvalue weighted by Gasteiger charge is -2.39. The Kier molecular flexibility index (Phi) is 6.28. The summed E-state index contributed by atoms with van der Waals surface area (Å²) in [6.07, 6.45) is 2.84. The highest BCUT2D eigenvalue weighted by Crippen LogP contribution is 2.36. The molecule has 0 radical (unpaired) electrons. The number of anilines is 1. The van der Waals surface area contributed by atoms with Gasteiger partial charge in [0.25, 0.3) is 0 Å². The van der Waals surface area contributed by atoms with Crippen LogP contribution < -0.4 is 10.1 Å². The highest BCUT2D eigenvalue weighted by atomic mass is 19.3. The van der Waals surface area contributed by atoms with Crippen LogP contribution in [0.5, 0.6) is 5.88 Å². The van der Waals surface area contributed by atoms with E-state index in [4.69, 9.17) is 4.74 Å². The largest absolute Gasteiger partial charge is 0.417 e. The van der Waals surface area contributed by atoms with Crippen molar-refractivity contribution in [3.63, 3.8) is 0 Å². The molecule has 0 unspecified atom stereocenters. The van der Waals surface area contributed by atoms with Crippen LogP contribution in [0.15, 0.2) is 54.9 Å². The summed E-state index contributed by atoms with van der Waals surface area (Å²) >= 11 is 0. The maximum Gasteiger partial charge on any atom is 0.388 e. The van der Waals surface area contributed by atoms with Gasteiger partial charge in [0, 0.05) is 35.3 Å². The fourth-order valence-corrected chi connectivity index (χ4v) is 3.65. The maximum absolute atomic E-state index is 13.2. The van der Waals surface area contributed by atoms with Crippen molar-refractivity contribution in [2.45, 2.75) is 31.5 Å². The van der Waals surface area contributed by atoms with Crippen LogP contribution in [0, 0.1) is 5.82 Å². The van der Waals surface area contributed by atoms with Gasteiger partial charge in [-0.2, -0.15) is 8.78 Å². The third-order valence-electron chi connectivity index (χ3n) is 5.55. The number of carbonyl (C=O) groups excluding carboxylic acids is 1. The van der Waals surface area contributed by atoms with Crippen molar-refractivity contribution < 1.29 is 32.5 Å². The van der Waals surface area contributed by atoms with Crippen molar-refractivity contribution in [3.8, 4) is 17.0 Å². The molecule has 1 aliphatic heterocycles. The molecule has 1 aromatic carbocycles. The summed E-state index contributed by atoms with van der Waals surface area (Å²) in [5.74, 6) is -1.06. The Bertz CT molecular complexity index is 1180. The first-order valence-electron chi connectivity index (χ1n) is 10.4. The number of alkyl halides is 2. The van der Waals surface area contributed by atoms with E-state index in [-0.39, 0.29) is 25.0 Å². The number of nitrogens with one attached hydrogen (secondary N) is 1.